The molecule has 1 atom stereocenters. The zero-order valence-corrected chi connectivity index (χ0v) is 11.0. The summed E-state index contributed by atoms with van der Waals surface area (Å²) in [6, 6.07) is 4.72. The van der Waals surface area contributed by atoms with Crippen molar-refractivity contribution in [2.75, 3.05) is 26.2 Å². The standard InChI is InChI=1S/C12H16ClN3O2/c1-9(15-6-4-14-5-7-15)11-8-10(16(17)18)2-3-12(11)13/h2-3,8-9,14H,4-7H2,1H3/t9-/m0/s1. The molecule has 1 aromatic carbocycles. The zero-order chi connectivity index (χ0) is 13.1. The van der Waals surface area contributed by atoms with E-state index in [9.17, 15) is 10.1 Å². The third kappa shape index (κ3) is 2.80. The highest BCUT2D eigenvalue weighted by atomic mass is 35.5. The van der Waals surface area contributed by atoms with Gasteiger partial charge in [-0.15, -0.1) is 0 Å². The Hall–Kier alpha value is -1.17. The number of halogens is 1. The van der Waals surface area contributed by atoms with Gasteiger partial charge in [-0.25, -0.2) is 0 Å². The summed E-state index contributed by atoms with van der Waals surface area (Å²) in [5.74, 6) is 0. The fraction of sp³-hybridized carbons (Fsp3) is 0.500. The van der Waals surface area contributed by atoms with Gasteiger partial charge in [-0.05, 0) is 18.6 Å². The molecule has 98 valence electrons. The van der Waals surface area contributed by atoms with Crippen LogP contribution in [0.2, 0.25) is 5.02 Å². The van der Waals surface area contributed by atoms with Gasteiger partial charge in [0.25, 0.3) is 5.69 Å². The first-order valence-corrected chi connectivity index (χ1v) is 6.36. The Balaban J connectivity index is 2.25. The van der Waals surface area contributed by atoms with Crippen LogP contribution in [0.15, 0.2) is 18.2 Å². The Morgan fingerprint density at radius 3 is 2.72 bits per heavy atom. The zero-order valence-electron chi connectivity index (χ0n) is 10.2. The molecule has 1 saturated heterocycles. The maximum atomic E-state index is 10.8. The molecule has 0 bridgehead atoms. The second kappa shape index (κ2) is 5.65. The highest BCUT2D eigenvalue weighted by Crippen LogP contribution is 2.30. The second-order valence-electron chi connectivity index (χ2n) is 4.42. The first kappa shape index (κ1) is 13.3. The minimum absolute atomic E-state index is 0.0939. The molecule has 1 heterocycles. The summed E-state index contributed by atoms with van der Waals surface area (Å²) < 4.78 is 0. The molecule has 1 aliphatic rings. The van der Waals surface area contributed by atoms with Gasteiger partial charge in [0.05, 0.1) is 4.92 Å². The van der Waals surface area contributed by atoms with Crippen LogP contribution in [0.4, 0.5) is 5.69 Å². The highest BCUT2D eigenvalue weighted by molar-refractivity contribution is 6.31. The number of piperazine rings is 1. The van der Waals surface area contributed by atoms with Crippen molar-refractivity contribution in [2.45, 2.75) is 13.0 Å². The second-order valence-corrected chi connectivity index (χ2v) is 4.83. The van der Waals surface area contributed by atoms with Crippen molar-refractivity contribution in [1.29, 1.82) is 0 Å². The molecule has 1 N–H and O–H groups in total. The maximum Gasteiger partial charge on any atom is 0.269 e. The normalized spacial score (nSPS) is 18.6. The molecule has 2 rings (SSSR count). The summed E-state index contributed by atoms with van der Waals surface area (Å²) >= 11 is 6.15. The van der Waals surface area contributed by atoms with Gasteiger partial charge in [0.2, 0.25) is 0 Å². The van der Waals surface area contributed by atoms with Gasteiger partial charge in [0.15, 0.2) is 0 Å². The molecular weight excluding hydrogens is 254 g/mol. The lowest BCUT2D eigenvalue weighted by Gasteiger charge is -2.33. The van der Waals surface area contributed by atoms with E-state index in [-0.39, 0.29) is 16.7 Å². The predicted molar refractivity (Wildman–Crippen MR) is 71.0 cm³/mol. The van der Waals surface area contributed by atoms with Gasteiger partial charge in [0.1, 0.15) is 0 Å². The van der Waals surface area contributed by atoms with Crippen LogP contribution in [-0.4, -0.2) is 36.0 Å². The SMILES string of the molecule is C[C@@H](c1cc([N+](=O)[O-])ccc1Cl)N1CCNCC1. The third-order valence-corrected chi connectivity index (χ3v) is 3.68. The molecule has 0 unspecified atom stereocenters. The van der Waals surface area contributed by atoms with Crippen molar-refractivity contribution in [3.63, 3.8) is 0 Å². The molecule has 1 aliphatic heterocycles. The van der Waals surface area contributed by atoms with Gasteiger partial charge in [-0.3, -0.25) is 15.0 Å². The first-order chi connectivity index (χ1) is 8.59. The quantitative estimate of drug-likeness (QED) is 0.675. The molecule has 0 amide bonds. The smallest absolute Gasteiger partial charge is 0.269 e. The van der Waals surface area contributed by atoms with Crippen LogP contribution >= 0.6 is 11.6 Å². The van der Waals surface area contributed by atoms with E-state index in [0.29, 0.717) is 5.02 Å². The summed E-state index contributed by atoms with van der Waals surface area (Å²) in [4.78, 5) is 12.7. The monoisotopic (exact) mass is 269 g/mol. The molecule has 0 aromatic heterocycles. The third-order valence-electron chi connectivity index (χ3n) is 3.34. The van der Waals surface area contributed by atoms with Gasteiger partial charge in [0, 0.05) is 49.4 Å². The first-order valence-electron chi connectivity index (χ1n) is 5.98. The van der Waals surface area contributed by atoms with Gasteiger partial charge in [-0.2, -0.15) is 0 Å². The van der Waals surface area contributed by atoms with Gasteiger partial charge in [-0.1, -0.05) is 11.6 Å². The summed E-state index contributed by atoms with van der Waals surface area (Å²) in [6.07, 6.45) is 0. The van der Waals surface area contributed by atoms with E-state index in [4.69, 9.17) is 11.6 Å². The van der Waals surface area contributed by atoms with Crippen LogP contribution in [0.3, 0.4) is 0 Å². The Kier molecular flexibility index (Phi) is 4.16. The van der Waals surface area contributed by atoms with E-state index in [1.807, 2.05) is 6.92 Å². The molecule has 0 saturated carbocycles. The number of rotatable bonds is 3. The van der Waals surface area contributed by atoms with Crippen molar-refractivity contribution in [1.82, 2.24) is 10.2 Å². The predicted octanol–water partition coefficient (Wildman–Crippen LogP) is 2.21. The largest absolute Gasteiger partial charge is 0.314 e. The summed E-state index contributed by atoms with van der Waals surface area (Å²) in [5.41, 5.74) is 0.921. The number of hydrogen-bond acceptors (Lipinski definition) is 4. The number of nitrogens with one attached hydrogen (secondary N) is 1. The van der Waals surface area contributed by atoms with Crippen molar-refractivity contribution in [3.8, 4) is 0 Å². The molecular formula is C12H16ClN3O2. The Morgan fingerprint density at radius 2 is 2.11 bits per heavy atom. The molecule has 18 heavy (non-hydrogen) atoms. The van der Waals surface area contributed by atoms with Crippen molar-refractivity contribution < 1.29 is 4.92 Å². The topological polar surface area (TPSA) is 58.4 Å². The van der Waals surface area contributed by atoms with Crippen LogP contribution < -0.4 is 5.32 Å². The van der Waals surface area contributed by atoms with E-state index in [1.54, 1.807) is 12.1 Å². The lowest BCUT2D eigenvalue weighted by molar-refractivity contribution is -0.384. The molecule has 1 aromatic rings. The van der Waals surface area contributed by atoms with Crippen LogP contribution in [-0.2, 0) is 0 Å². The molecule has 5 nitrogen and oxygen atoms in total. The highest BCUT2D eigenvalue weighted by Gasteiger charge is 2.21. The average Bonchev–Trinajstić information content (AvgIpc) is 2.39. The lowest BCUT2D eigenvalue weighted by atomic mass is 10.1. The summed E-state index contributed by atoms with van der Waals surface area (Å²) in [7, 11) is 0. The van der Waals surface area contributed by atoms with E-state index < -0.39 is 0 Å². The fourth-order valence-electron chi connectivity index (χ4n) is 2.23. The minimum Gasteiger partial charge on any atom is -0.314 e. The number of nitro groups is 1. The van der Waals surface area contributed by atoms with Crippen molar-refractivity contribution >= 4 is 17.3 Å². The van der Waals surface area contributed by atoms with Gasteiger partial charge >= 0.3 is 0 Å². The van der Waals surface area contributed by atoms with E-state index >= 15 is 0 Å². The fourth-order valence-corrected chi connectivity index (χ4v) is 2.51. The number of hydrogen-bond donors (Lipinski definition) is 1. The molecule has 6 heteroatoms. The van der Waals surface area contributed by atoms with E-state index in [0.717, 1.165) is 31.7 Å². The summed E-state index contributed by atoms with van der Waals surface area (Å²) in [6.45, 7) is 5.78. The van der Waals surface area contributed by atoms with Crippen LogP contribution in [0.1, 0.15) is 18.5 Å². The van der Waals surface area contributed by atoms with Crippen LogP contribution in [0, 0.1) is 10.1 Å². The van der Waals surface area contributed by atoms with Crippen molar-refractivity contribution in [2.24, 2.45) is 0 Å². The molecule has 1 fully saturated rings. The van der Waals surface area contributed by atoms with Crippen LogP contribution in [0.25, 0.3) is 0 Å². The Labute approximate surface area is 111 Å². The van der Waals surface area contributed by atoms with E-state index in [1.165, 1.54) is 6.07 Å². The maximum absolute atomic E-state index is 10.8. The molecule has 0 spiro atoms. The van der Waals surface area contributed by atoms with Gasteiger partial charge < -0.3 is 5.32 Å². The molecule has 0 aliphatic carbocycles. The van der Waals surface area contributed by atoms with Crippen molar-refractivity contribution in [3.05, 3.63) is 38.9 Å². The Bertz CT molecular complexity index is 447. The average molecular weight is 270 g/mol. The van der Waals surface area contributed by atoms with E-state index in [2.05, 4.69) is 10.2 Å². The molecule has 0 radical (unpaired) electrons. The number of nitro benzene ring substituents is 1. The minimum atomic E-state index is -0.385. The Morgan fingerprint density at radius 1 is 1.44 bits per heavy atom. The number of nitrogens with zero attached hydrogens (tertiary/aromatic N) is 2. The summed E-state index contributed by atoms with van der Waals surface area (Å²) in [5, 5.41) is 14.7. The van der Waals surface area contributed by atoms with Crippen LogP contribution in [0.5, 0.6) is 0 Å². The lowest BCUT2D eigenvalue weighted by Crippen LogP contribution is -2.44. The number of non-ortho nitro benzene ring substituents is 1. The number of benzene rings is 1.